The second-order valence-electron chi connectivity index (χ2n) is 7.25. The van der Waals surface area contributed by atoms with Crippen molar-refractivity contribution < 1.29 is 9.47 Å². The van der Waals surface area contributed by atoms with Gasteiger partial charge < -0.3 is 25.0 Å². The Hall–Kier alpha value is -2.38. The second-order valence-corrected chi connectivity index (χ2v) is 7.25. The first-order valence-electron chi connectivity index (χ1n) is 10.9. The number of para-hydroxylation sites is 1. The number of aliphatic imine (C=N–C) groups is 1. The molecule has 7 nitrogen and oxygen atoms in total. The van der Waals surface area contributed by atoms with Gasteiger partial charge in [0.15, 0.2) is 5.96 Å². The van der Waals surface area contributed by atoms with Gasteiger partial charge in [0.05, 0.1) is 31.9 Å². The summed E-state index contributed by atoms with van der Waals surface area (Å²) in [5.41, 5.74) is 2.14. The van der Waals surface area contributed by atoms with Gasteiger partial charge >= 0.3 is 0 Å². The number of fused-ring (bicyclic) bond motifs is 1. The van der Waals surface area contributed by atoms with Gasteiger partial charge in [-0.05, 0) is 31.0 Å². The summed E-state index contributed by atoms with van der Waals surface area (Å²) >= 11 is 0. The van der Waals surface area contributed by atoms with Crippen LogP contribution in [0.15, 0.2) is 35.3 Å². The molecular weight excluding hydrogens is 378 g/mol. The Morgan fingerprint density at radius 2 is 1.80 bits per heavy atom. The van der Waals surface area contributed by atoms with Crippen LogP contribution in [-0.4, -0.2) is 64.6 Å². The Labute approximate surface area is 180 Å². The van der Waals surface area contributed by atoms with Crippen LogP contribution in [0, 0.1) is 0 Å². The fourth-order valence-electron chi connectivity index (χ4n) is 2.91. The highest BCUT2D eigenvalue weighted by Crippen LogP contribution is 2.22. The number of unbranched alkanes of at least 4 members (excludes halogenated alkanes) is 1. The van der Waals surface area contributed by atoms with Crippen LogP contribution >= 0.6 is 0 Å². The van der Waals surface area contributed by atoms with Crippen molar-refractivity contribution in [2.45, 2.75) is 33.2 Å². The molecule has 2 N–H and O–H groups in total. The van der Waals surface area contributed by atoms with Crippen LogP contribution in [0.25, 0.3) is 10.9 Å². The molecule has 0 radical (unpaired) electrons. The van der Waals surface area contributed by atoms with Crippen molar-refractivity contribution in [3.05, 3.63) is 35.9 Å². The van der Waals surface area contributed by atoms with Crippen LogP contribution in [0.5, 0.6) is 0 Å². The van der Waals surface area contributed by atoms with Crippen LogP contribution < -0.4 is 15.5 Å². The van der Waals surface area contributed by atoms with Crippen LogP contribution in [0.1, 0.15) is 32.3 Å². The molecule has 0 amide bonds. The van der Waals surface area contributed by atoms with E-state index in [1.54, 1.807) is 0 Å². The third kappa shape index (κ3) is 8.16. The minimum atomic E-state index is 0.575. The van der Waals surface area contributed by atoms with Crippen LogP contribution in [0.4, 0.5) is 5.82 Å². The molecular formula is C23H37N5O2. The zero-order valence-corrected chi connectivity index (χ0v) is 18.9. The Bertz CT molecular complexity index is 779. The number of nitrogens with one attached hydrogen (secondary N) is 2. The molecule has 0 unspecified atom stereocenters. The van der Waals surface area contributed by atoms with Gasteiger partial charge in [-0.2, -0.15) is 0 Å². The summed E-state index contributed by atoms with van der Waals surface area (Å²) in [7, 11) is 4.01. The van der Waals surface area contributed by atoms with E-state index in [0.29, 0.717) is 32.9 Å². The average Bonchev–Trinajstić information content (AvgIpc) is 2.75. The molecule has 30 heavy (non-hydrogen) atoms. The molecule has 0 aliphatic carbocycles. The van der Waals surface area contributed by atoms with E-state index in [4.69, 9.17) is 19.5 Å². The van der Waals surface area contributed by atoms with Crippen molar-refractivity contribution in [3.8, 4) is 0 Å². The lowest BCUT2D eigenvalue weighted by atomic mass is 10.1. The standard InChI is InChI=1S/C23H37N5O2/c1-5-7-13-29-15-16-30-14-12-25-23(24-6-2)26-18-19-17-22(28(3)4)27-21-11-9-8-10-20(19)21/h8-11,17H,5-7,12-16,18H2,1-4H3,(H2,24,25,26). The second kappa shape index (κ2) is 13.8. The Kier molecular flexibility index (Phi) is 11.0. The van der Waals surface area contributed by atoms with Crippen molar-refractivity contribution in [2.75, 3.05) is 58.5 Å². The molecule has 0 saturated heterocycles. The first-order valence-corrected chi connectivity index (χ1v) is 10.9. The summed E-state index contributed by atoms with van der Waals surface area (Å²) < 4.78 is 11.1. The zero-order chi connectivity index (χ0) is 21.6. The Morgan fingerprint density at radius 1 is 1.03 bits per heavy atom. The number of ether oxygens (including phenoxy) is 2. The van der Waals surface area contributed by atoms with Gasteiger partial charge in [0.1, 0.15) is 5.82 Å². The fraction of sp³-hybridized carbons (Fsp3) is 0.565. The molecule has 0 saturated carbocycles. The Balaban J connectivity index is 1.90. The predicted molar refractivity (Wildman–Crippen MR) is 125 cm³/mol. The summed E-state index contributed by atoms with van der Waals surface area (Å²) in [6.07, 6.45) is 2.26. The van der Waals surface area contributed by atoms with E-state index in [2.05, 4.69) is 36.6 Å². The monoisotopic (exact) mass is 415 g/mol. The predicted octanol–water partition coefficient (Wildman–Crippen LogP) is 3.19. The average molecular weight is 416 g/mol. The largest absolute Gasteiger partial charge is 0.379 e. The molecule has 0 atom stereocenters. The molecule has 1 aromatic heterocycles. The lowest BCUT2D eigenvalue weighted by molar-refractivity contribution is 0.0487. The molecule has 0 bridgehead atoms. The lowest BCUT2D eigenvalue weighted by Gasteiger charge is -2.15. The topological polar surface area (TPSA) is 71.0 Å². The molecule has 0 aliphatic rings. The van der Waals surface area contributed by atoms with Gasteiger partial charge in [-0.1, -0.05) is 31.5 Å². The number of pyridine rings is 1. The van der Waals surface area contributed by atoms with Gasteiger partial charge in [-0.15, -0.1) is 0 Å². The van der Waals surface area contributed by atoms with E-state index in [9.17, 15) is 0 Å². The highest BCUT2D eigenvalue weighted by molar-refractivity contribution is 5.85. The van der Waals surface area contributed by atoms with E-state index < -0.39 is 0 Å². The van der Waals surface area contributed by atoms with Crippen molar-refractivity contribution in [3.63, 3.8) is 0 Å². The van der Waals surface area contributed by atoms with E-state index in [0.717, 1.165) is 54.2 Å². The third-order valence-corrected chi connectivity index (χ3v) is 4.55. The van der Waals surface area contributed by atoms with Crippen molar-refractivity contribution in [1.29, 1.82) is 0 Å². The quantitative estimate of drug-likeness (QED) is 0.297. The summed E-state index contributed by atoms with van der Waals surface area (Å²) in [5, 5.41) is 7.76. The van der Waals surface area contributed by atoms with E-state index >= 15 is 0 Å². The third-order valence-electron chi connectivity index (χ3n) is 4.55. The highest BCUT2D eigenvalue weighted by atomic mass is 16.5. The molecule has 1 aromatic carbocycles. The van der Waals surface area contributed by atoms with Gasteiger partial charge in [0.25, 0.3) is 0 Å². The number of benzene rings is 1. The minimum absolute atomic E-state index is 0.575. The number of hydrogen-bond acceptors (Lipinski definition) is 5. The van der Waals surface area contributed by atoms with E-state index in [-0.39, 0.29) is 0 Å². The van der Waals surface area contributed by atoms with Gasteiger partial charge in [-0.3, -0.25) is 0 Å². The van der Waals surface area contributed by atoms with Crippen molar-refractivity contribution in [2.24, 2.45) is 4.99 Å². The van der Waals surface area contributed by atoms with Crippen LogP contribution in [-0.2, 0) is 16.0 Å². The molecule has 7 heteroatoms. The number of anilines is 1. The SMILES string of the molecule is CCCCOCCOCCNC(=NCc1cc(N(C)C)nc2ccccc12)NCC. The number of nitrogens with zero attached hydrogens (tertiary/aromatic N) is 3. The molecule has 0 aliphatic heterocycles. The molecule has 166 valence electrons. The van der Waals surface area contributed by atoms with Crippen molar-refractivity contribution in [1.82, 2.24) is 15.6 Å². The highest BCUT2D eigenvalue weighted by Gasteiger charge is 2.07. The smallest absolute Gasteiger partial charge is 0.191 e. The summed E-state index contributed by atoms with van der Waals surface area (Å²) in [5.74, 6) is 1.72. The molecule has 0 fully saturated rings. The zero-order valence-electron chi connectivity index (χ0n) is 18.9. The van der Waals surface area contributed by atoms with Crippen LogP contribution in [0.3, 0.4) is 0 Å². The van der Waals surface area contributed by atoms with Crippen LogP contribution in [0.2, 0.25) is 0 Å². The maximum Gasteiger partial charge on any atom is 0.191 e. The minimum Gasteiger partial charge on any atom is -0.379 e. The Morgan fingerprint density at radius 3 is 2.53 bits per heavy atom. The lowest BCUT2D eigenvalue weighted by Crippen LogP contribution is -2.39. The van der Waals surface area contributed by atoms with Gasteiger partial charge in [0, 0.05) is 39.2 Å². The summed E-state index contributed by atoms with van der Waals surface area (Å²) in [6.45, 7) is 9.00. The maximum atomic E-state index is 5.62. The van der Waals surface area contributed by atoms with E-state index in [1.165, 1.54) is 0 Å². The van der Waals surface area contributed by atoms with Crippen molar-refractivity contribution >= 4 is 22.7 Å². The maximum absolute atomic E-state index is 5.62. The molecule has 1 heterocycles. The normalized spacial score (nSPS) is 11.7. The molecule has 2 aromatic rings. The van der Waals surface area contributed by atoms with E-state index in [1.807, 2.05) is 37.2 Å². The first kappa shape index (κ1) is 23.9. The fourth-order valence-corrected chi connectivity index (χ4v) is 2.91. The molecule has 2 rings (SSSR count). The molecule has 0 spiro atoms. The number of rotatable bonds is 13. The number of aromatic nitrogens is 1. The summed E-state index contributed by atoms with van der Waals surface area (Å²) in [6, 6.07) is 10.3. The summed E-state index contributed by atoms with van der Waals surface area (Å²) in [4.78, 5) is 11.5. The number of guanidine groups is 1. The van der Waals surface area contributed by atoms with Gasteiger partial charge in [-0.25, -0.2) is 9.98 Å². The number of hydrogen-bond donors (Lipinski definition) is 2. The first-order chi connectivity index (χ1) is 14.7. The van der Waals surface area contributed by atoms with Gasteiger partial charge in [0.2, 0.25) is 0 Å².